The van der Waals surface area contributed by atoms with Crippen LogP contribution >= 0.6 is 11.3 Å². The molecule has 0 saturated heterocycles. The molecule has 0 aromatic carbocycles. The lowest BCUT2D eigenvalue weighted by atomic mass is 9.91. The van der Waals surface area contributed by atoms with Crippen LogP contribution in [0.2, 0.25) is 0 Å². The van der Waals surface area contributed by atoms with Crippen molar-refractivity contribution in [1.82, 2.24) is 30.3 Å². The molecule has 0 aliphatic heterocycles. The predicted molar refractivity (Wildman–Crippen MR) is 90.7 cm³/mol. The predicted octanol–water partition coefficient (Wildman–Crippen LogP) is 2.64. The molecule has 0 atom stereocenters. The highest BCUT2D eigenvalue weighted by atomic mass is 32.1. The van der Waals surface area contributed by atoms with E-state index in [-0.39, 0.29) is 11.9 Å². The maximum atomic E-state index is 12.6. The van der Waals surface area contributed by atoms with Crippen molar-refractivity contribution in [2.45, 2.75) is 37.8 Å². The minimum Gasteiger partial charge on any atom is -0.349 e. The molecule has 0 unspecified atom stereocenters. The zero-order valence-corrected chi connectivity index (χ0v) is 13.9. The lowest BCUT2D eigenvalue weighted by molar-refractivity contribution is 0.0922. The van der Waals surface area contributed by atoms with Gasteiger partial charge >= 0.3 is 0 Å². The smallest absolute Gasteiger partial charge is 0.255 e. The minimum absolute atomic E-state index is 0.0589. The number of H-pyrrole nitrogens is 1. The molecule has 4 rings (SSSR count). The van der Waals surface area contributed by atoms with Crippen LogP contribution in [0, 0.1) is 0 Å². The van der Waals surface area contributed by atoms with Crippen LogP contribution in [0.15, 0.2) is 36.4 Å². The van der Waals surface area contributed by atoms with E-state index in [1.54, 1.807) is 30.2 Å². The zero-order chi connectivity index (χ0) is 16.4. The standard InChI is InChI=1S/C16H18N6OS/c23-16(13-8-18-21-15(13)14-2-1-7-24-14)20-11-3-5-12(6-4-11)22-10-17-9-19-22/h1-2,7-12H,3-6H2,(H,18,21)(H,20,23). The number of nitrogens with one attached hydrogen (secondary N) is 2. The normalized spacial score (nSPS) is 20.8. The third-order valence-corrected chi connectivity index (χ3v) is 5.38. The summed E-state index contributed by atoms with van der Waals surface area (Å²) in [5.41, 5.74) is 1.40. The summed E-state index contributed by atoms with van der Waals surface area (Å²) >= 11 is 1.59. The van der Waals surface area contributed by atoms with Crippen LogP contribution in [0.5, 0.6) is 0 Å². The maximum Gasteiger partial charge on any atom is 0.255 e. The molecule has 0 bridgehead atoms. The number of thiophene rings is 1. The van der Waals surface area contributed by atoms with Gasteiger partial charge in [0.15, 0.2) is 0 Å². The summed E-state index contributed by atoms with van der Waals surface area (Å²) in [6, 6.07) is 4.53. The number of nitrogens with zero attached hydrogens (tertiary/aromatic N) is 4. The van der Waals surface area contributed by atoms with Crippen molar-refractivity contribution in [3.63, 3.8) is 0 Å². The molecule has 124 valence electrons. The Kier molecular flexibility index (Phi) is 4.12. The number of carbonyl (C=O) groups excluding carboxylic acids is 1. The van der Waals surface area contributed by atoms with E-state index in [1.807, 2.05) is 22.2 Å². The second-order valence-corrected chi connectivity index (χ2v) is 6.94. The Morgan fingerprint density at radius 1 is 1.33 bits per heavy atom. The summed E-state index contributed by atoms with van der Waals surface area (Å²) in [5, 5.41) is 16.3. The first-order chi connectivity index (χ1) is 11.8. The molecule has 1 amide bonds. The van der Waals surface area contributed by atoms with Gasteiger partial charge < -0.3 is 5.32 Å². The Balaban J connectivity index is 1.39. The van der Waals surface area contributed by atoms with Crippen LogP contribution in [0.1, 0.15) is 42.1 Å². The number of amides is 1. The van der Waals surface area contributed by atoms with Crippen molar-refractivity contribution in [1.29, 1.82) is 0 Å². The van der Waals surface area contributed by atoms with E-state index in [9.17, 15) is 4.79 Å². The van der Waals surface area contributed by atoms with Crippen LogP contribution in [0.25, 0.3) is 10.6 Å². The van der Waals surface area contributed by atoms with Crippen molar-refractivity contribution in [3.05, 3.63) is 41.9 Å². The Bertz CT molecular complexity index is 787. The molecular weight excluding hydrogens is 324 g/mol. The van der Waals surface area contributed by atoms with Gasteiger partial charge in [-0.25, -0.2) is 9.67 Å². The molecule has 1 fully saturated rings. The van der Waals surface area contributed by atoms with E-state index in [4.69, 9.17) is 0 Å². The monoisotopic (exact) mass is 342 g/mol. The first-order valence-corrected chi connectivity index (χ1v) is 8.91. The van der Waals surface area contributed by atoms with Crippen molar-refractivity contribution < 1.29 is 4.79 Å². The average Bonchev–Trinajstić information content (AvgIpc) is 3.35. The van der Waals surface area contributed by atoms with Gasteiger partial charge in [0.2, 0.25) is 0 Å². The van der Waals surface area contributed by atoms with E-state index >= 15 is 0 Å². The van der Waals surface area contributed by atoms with Gasteiger partial charge in [-0.05, 0) is 37.1 Å². The Morgan fingerprint density at radius 2 is 2.21 bits per heavy atom. The fraction of sp³-hybridized carbons (Fsp3) is 0.375. The van der Waals surface area contributed by atoms with E-state index in [0.29, 0.717) is 11.6 Å². The molecule has 7 nitrogen and oxygen atoms in total. The fourth-order valence-corrected chi connectivity index (χ4v) is 3.96. The van der Waals surface area contributed by atoms with E-state index < -0.39 is 0 Å². The van der Waals surface area contributed by atoms with Crippen LogP contribution in [0.3, 0.4) is 0 Å². The highest BCUT2D eigenvalue weighted by molar-refractivity contribution is 7.13. The van der Waals surface area contributed by atoms with Crippen LogP contribution in [-0.4, -0.2) is 36.9 Å². The lowest BCUT2D eigenvalue weighted by Crippen LogP contribution is -2.38. The molecular formula is C16H18N6OS. The largest absolute Gasteiger partial charge is 0.349 e. The molecule has 0 spiro atoms. The van der Waals surface area contributed by atoms with Gasteiger partial charge in [0.05, 0.1) is 28.4 Å². The molecule has 8 heteroatoms. The van der Waals surface area contributed by atoms with Gasteiger partial charge in [-0.2, -0.15) is 10.2 Å². The van der Waals surface area contributed by atoms with Gasteiger partial charge in [0, 0.05) is 6.04 Å². The van der Waals surface area contributed by atoms with Crippen LogP contribution in [0.4, 0.5) is 0 Å². The number of hydrogen-bond donors (Lipinski definition) is 2. The van der Waals surface area contributed by atoms with Gasteiger partial charge in [-0.1, -0.05) is 6.07 Å². The first-order valence-electron chi connectivity index (χ1n) is 8.03. The summed E-state index contributed by atoms with van der Waals surface area (Å²) in [7, 11) is 0. The zero-order valence-electron chi connectivity index (χ0n) is 13.1. The molecule has 1 aliphatic rings. The fourth-order valence-electron chi connectivity index (χ4n) is 3.22. The van der Waals surface area contributed by atoms with E-state index in [2.05, 4.69) is 25.6 Å². The van der Waals surface area contributed by atoms with Crippen molar-refractivity contribution in [2.75, 3.05) is 0 Å². The molecule has 24 heavy (non-hydrogen) atoms. The number of aromatic nitrogens is 5. The Morgan fingerprint density at radius 3 is 2.92 bits per heavy atom. The van der Waals surface area contributed by atoms with Crippen LogP contribution < -0.4 is 5.32 Å². The Labute approximate surface area is 143 Å². The molecule has 3 aromatic heterocycles. The van der Waals surface area contributed by atoms with Crippen molar-refractivity contribution >= 4 is 17.2 Å². The van der Waals surface area contributed by atoms with Gasteiger partial charge in [0.1, 0.15) is 12.7 Å². The van der Waals surface area contributed by atoms with Gasteiger partial charge in [-0.3, -0.25) is 9.89 Å². The van der Waals surface area contributed by atoms with E-state index in [0.717, 1.165) is 36.3 Å². The molecule has 1 saturated carbocycles. The summed E-state index contributed by atoms with van der Waals surface area (Å²) in [4.78, 5) is 17.6. The molecule has 2 N–H and O–H groups in total. The summed E-state index contributed by atoms with van der Waals surface area (Å²) < 4.78 is 1.92. The number of rotatable bonds is 4. The Hall–Kier alpha value is -2.48. The molecule has 1 aliphatic carbocycles. The van der Waals surface area contributed by atoms with Crippen LogP contribution in [-0.2, 0) is 0 Å². The highest BCUT2D eigenvalue weighted by Crippen LogP contribution is 2.29. The summed E-state index contributed by atoms with van der Waals surface area (Å²) in [6.07, 6.45) is 8.83. The summed E-state index contributed by atoms with van der Waals surface area (Å²) in [6.45, 7) is 0. The third kappa shape index (κ3) is 2.96. The second-order valence-electron chi connectivity index (χ2n) is 5.99. The van der Waals surface area contributed by atoms with Crippen molar-refractivity contribution in [2.24, 2.45) is 0 Å². The second kappa shape index (κ2) is 6.56. The highest BCUT2D eigenvalue weighted by Gasteiger charge is 2.25. The number of hydrogen-bond acceptors (Lipinski definition) is 5. The molecule has 3 heterocycles. The molecule has 3 aromatic rings. The maximum absolute atomic E-state index is 12.6. The minimum atomic E-state index is -0.0589. The third-order valence-electron chi connectivity index (χ3n) is 4.49. The van der Waals surface area contributed by atoms with E-state index in [1.165, 1.54) is 0 Å². The number of aromatic amines is 1. The quantitative estimate of drug-likeness (QED) is 0.763. The lowest BCUT2D eigenvalue weighted by Gasteiger charge is -2.28. The summed E-state index contributed by atoms with van der Waals surface area (Å²) in [5.74, 6) is -0.0589. The first kappa shape index (κ1) is 15.1. The number of carbonyl (C=O) groups is 1. The van der Waals surface area contributed by atoms with Gasteiger partial charge in [-0.15, -0.1) is 11.3 Å². The topological polar surface area (TPSA) is 88.5 Å². The van der Waals surface area contributed by atoms with Gasteiger partial charge in [0.25, 0.3) is 5.91 Å². The SMILES string of the molecule is O=C(NC1CCC(n2cncn2)CC1)c1cn[nH]c1-c1cccs1. The average molecular weight is 342 g/mol. The van der Waals surface area contributed by atoms with Crippen molar-refractivity contribution in [3.8, 4) is 10.6 Å². The molecule has 0 radical (unpaired) electrons.